The molecule has 1 aliphatic rings. The van der Waals surface area contributed by atoms with Gasteiger partial charge in [-0.3, -0.25) is 4.79 Å². The third-order valence-corrected chi connectivity index (χ3v) is 6.04. The fourth-order valence-corrected chi connectivity index (χ4v) is 4.49. The van der Waals surface area contributed by atoms with Crippen LogP contribution >= 0.6 is 0 Å². The summed E-state index contributed by atoms with van der Waals surface area (Å²) in [5, 5.41) is 24.2. The van der Waals surface area contributed by atoms with Crippen molar-refractivity contribution >= 4 is 17.6 Å². The summed E-state index contributed by atoms with van der Waals surface area (Å²) in [5.74, 6) is -0.663. The van der Waals surface area contributed by atoms with Gasteiger partial charge in [-0.25, -0.2) is 4.79 Å². The van der Waals surface area contributed by atoms with Crippen LogP contribution in [0.25, 0.3) is 11.1 Å². The highest BCUT2D eigenvalue weighted by Crippen LogP contribution is 2.44. The smallest absolute Gasteiger partial charge is 0.342 e. The molecule has 0 atom stereocenters. The van der Waals surface area contributed by atoms with Crippen molar-refractivity contribution in [1.29, 1.82) is 0 Å². The van der Waals surface area contributed by atoms with Crippen molar-refractivity contribution in [3.63, 3.8) is 0 Å². The second kappa shape index (κ2) is 10.5. The molecular weight excluding hydrogens is 466 g/mol. The standard InChI is InChI=1S/C27H27NO8/c1-33-21-13-18-25(34-2)17(26(21)35-3)11-12-36-27(32)24-16(9-10-22(31)28-18)23(19(29)14-20(24)30)15-7-5-4-6-8-15/h4-8,13-14,29-30H,9-12H2,1-3H3,(H,28,31). The second-order valence-corrected chi connectivity index (χ2v) is 8.11. The van der Waals surface area contributed by atoms with Crippen LogP contribution in [0.3, 0.4) is 0 Å². The van der Waals surface area contributed by atoms with Crippen LogP contribution in [0.5, 0.6) is 28.7 Å². The lowest BCUT2D eigenvalue weighted by Crippen LogP contribution is -2.15. The van der Waals surface area contributed by atoms with Crippen molar-refractivity contribution in [3.05, 3.63) is 59.2 Å². The number of benzene rings is 3. The first-order chi connectivity index (χ1) is 17.4. The molecule has 188 valence electrons. The minimum atomic E-state index is -0.777. The summed E-state index contributed by atoms with van der Waals surface area (Å²) in [6.45, 7) is -0.0769. The Labute approximate surface area is 208 Å². The summed E-state index contributed by atoms with van der Waals surface area (Å²) in [6.07, 6.45) is 0.165. The number of fused-ring (bicyclic) bond motifs is 3. The minimum Gasteiger partial charge on any atom is -0.507 e. The molecule has 1 heterocycles. The molecule has 3 N–H and O–H groups in total. The molecule has 0 unspecified atom stereocenters. The van der Waals surface area contributed by atoms with Crippen molar-refractivity contribution < 1.29 is 38.7 Å². The Morgan fingerprint density at radius 2 is 1.50 bits per heavy atom. The maximum absolute atomic E-state index is 13.2. The third-order valence-electron chi connectivity index (χ3n) is 6.04. The lowest BCUT2D eigenvalue weighted by atomic mass is 9.90. The first-order valence-electron chi connectivity index (χ1n) is 11.3. The molecule has 3 aromatic rings. The fourth-order valence-electron chi connectivity index (χ4n) is 4.49. The van der Waals surface area contributed by atoms with E-state index in [0.717, 1.165) is 6.07 Å². The zero-order valence-corrected chi connectivity index (χ0v) is 20.2. The van der Waals surface area contributed by atoms with Crippen molar-refractivity contribution in [2.75, 3.05) is 33.3 Å². The van der Waals surface area contributed by atoms with Gasteiger partial charge in [0.25, 0.3) is 0 Å². The van der Waals surface area contributed by atoms with Crippen LogP contribution < -0.4 is 19.5 Å². The molecule has 0 spiro atoms. The van der Waals surface area contributed by atoms with Crippen molar-refractivity contribution in [2.24, 2.45) is 0 Å². The number of carbonyl (C=O) groups is 2. The number of ether oxygens (including phenoxy) is 4. The highest BCUT2D eigenvalue weighted by atomic mass is 16.5. The van der Waals surface area contributed by atoms with E-state index in [9.17, 15) is 19.8 Å². The highest BCUT2D eigenvalue weighted by Gasteiger charge is 2.28. The van der Waals surface area contributed by atoms with Gasteiger partial charge in [-0.1, -0.05) is 30.3 Å². The van der Waals surface area contributed by atoms with E-state index in [2.05, 4.69) is 5.32 Å². The van der Waals surface area contributed by atoms with Gasteiger partial charge in [0.2, 0.25) is 5.91 Å². The van der Waals surface area contributed by atoms with Crippen LogP contribution in [0.4, 0.5) is 5.69 Å². The van der Waals surface area contributed by atoms with Crippen LogP contribution in [-0.4, -0.2) is 50.0 Å². The molecule has 9 nitrogen and oxygen atoms in total. The van der Waals surface area contributed by atoms with Gasteiger partial charge in [-0.15, -0.1) is 0 Å². The molecule has 0 saturated carbocycles. The molecular formula is C27H27NO8. The van der Waals surface area contributed by atoms with Crippen LogP contribution in [0.15, 0.2) is 42.5 Å². The number of amides is 1. The molecule has 3 aromatic carbocycles. The van der Waals surface area contributed by atoms with E-state index in [0.29, 0.717) is 45.2 Å². The van der Waals surface area contributed by atoms with Gasteiger partial charge < -0.3 is 34.5 Å². The number of phenols is 2. The lowest BCUT2D eigenvalue weighted by molar-refractivity contribution is -0.116. The summed E-state index contributed by atoms with van der Waals surface area (Å²) in [6, 6.07) is 11.7. The van der Waals surface area contributed by atoms with E-state index in [1.54, 1.807) is 30.3 Å². The molecule has 0 saturated heterocycles. The van der Waals surface area contributed by atoms with Crippen molar-refractivity contribution in [2.45, 2.75) is 19.3 Å². The Kier molecular flexibility index (Phi) is 7.19. The predicted octanol–water partition coefficient (Wildman–Crippen LogP) is 4.07. The molecule has 0 radical (unpaired) electrons. The number of hydrogen-bond acceptors (Lipinski definition) is 8. The van der Waals surface area contributed by atoms with Gasteiger partial charge in [0, 0.05) is 36.1 Å². The number of rotatable bonds is 4. The molecule has 4 rings (SSSR count). The van der Waals surface area contributed by atoms with Gasteiger partial charge in [0.1, 0.15) is 22.8 Å². The van der Waals surface area contributed by atoms with E-state index in [1.165, 1.54) is 21.3 Å². The van der Waals surface area contributed by atoms with E-state index < -0.39 is 11.7 Å². The summed E-state index contributed by atoms with van der Waals surface area (Å²) in [7, 11) is 4.42. The van der Waals surface area contributed by atoms with E-state index >= 15 is 0 Å². The van der Waals surface area contributed by atoms with Crippen molar-refractivity contribution in [1.82, 2.24) is 0 Å². The Bertz CT molecular complexity index is 1300. The first-order valence-corrected chi connectivity index (χ1v) is 11.3. The number of carbonyl (C=O) groups excluding carboxylic acids is 2. The van der Waals surface area contributed by atoms with Gasteiger partial charge in [0.15, 0.2) is 11.5 Å². The Balaban J connectivity index is 1.85. The SMILES string of the molecule is COc1cc2c(OC)c(c1OC)CCOC(=O)c1c(O)cc(O)c(-c3ccccc3)c1CCC(=O)N2. The third kappa shape index (κ3) is 4.59. The van der Waals surface area contributed by atoms with Gasteiger partial charge >= 0.3 is 5.97 Å². The maximum atomic E-state index is 13.2. The number of cyclic esters (lactones) is 1. The number of methoxy groups -OCH3 is 3. The number of hydrogen-bond donors (Lipinski definition) is 3. The number of aromatic hydroxyl groups is 2. The van der Waals surface area contributed by atoms with Gasteiger partial charge in [-0.05, 0) is 17.5 Å². The number of phenolic OH excluding ortho intramolecular Hbond substituents is 2. The van der Waals surface area contributed by atoms with Crippen molar-refractivity contribution in [3.8, 4) is 39.9 Å². The molecule has 1 amide bonds. The maximum Gasteiger partial charge on any atom is 0.342 e. The molecule has 0 aromatic heterocycles. The Morgan fingerprint density at radius 3 is 2.17 bits per heavy atom. The molecule has 2 bridgehead atoms. The summed E-state index contributed by atoms with van der Waals surface area (Å²) < 4.78 is 22.1. The van der Waals surface area contributed by atoms with Crippen LogP contribution in [0.1, 0.15) is 27.9 Å². The molecule has 0 aliphatic carbocycles. The van der Waals surface area contributed by atoms with Gasteiger partial charge in [0.05, 0.1) is 33.6 Å². The average Bonchev–Trinajstić information content (AvgIpc) is 2.87. The number of anilines is 1. The summed E-state index contributed by atoms with van der Waals surface area (Å²) in [5.41, 5.74) is 2.12. The Morgan fingerprint density at radius 1 is 0.806 bits per heavy atom. The van der Waals surface area contributed by atoms with E-state index in [1.807, 2.05) is 6.07 Å². The average molecular weight is 494 g/mol. The topological polar surface area (TPSA) is 124 Å². The zero-order chi connectivity index (χ0) is 25.8. The summed E-state index contributed by atoms with van der Waals surface area (Å²) in [4.78, 5) is 26.3. The quantitative estimate of drug-likeness (QED) is 0.465. The summed E-state index contributed by atoms with van der Waals surface area (Å²) >= 11 is 0. The highest BCUT2D eigenvalue weighted by molar-refractivity contribution is 5.99. The molecule has 1 aliphatic heterocycles. The predicted molar refractivity (Wildman–Crippen MR) is 132 cm³/mol. The van der Waals surface area contributed by atoms with Crippen LogP contribution in [-0.2, 0) is 22.4 Å². The van der Waals surface area contributed by atoms with Crippen LogP contribution in [0, 0.1) is 0 Å². The number of esters is 1. The van der Waals surface area contributed by atoms with E-state index in [-0.39, 0.29) is 43.1 Å². The zero-order valence-electron chi connectivity index (χ0n) is 20.2. The first kappa shape index (κ1) is 24.7. The normalized spacial score (nSPS) is 13.8. The number of nitrogens with one attached hydrogen (secondary N) is 1. The van der Waals surface area contributed by atoms with Gasteiger partial charge in [-0.2, -0.15) is 0 Å². The minimum absolute atomic E-state index is 0.0465. The second-order valence-electron chi connectivity index (χ2n) is 8.11. The monoisotopic (exact) mass is 493 g/mol. The molecule has 9 heteroatoms. The molecule has 0 fully saturated rings. The molecule has 36 heavy (non-hydrogen) atoms. The van der Waals surface area contributed by atoms with Crippen LogP contribution in [0.2, 0.25) is 0 Å². The largest absolute Gasteiger partial charge is 0.507 e. The fraction of sp³-hybridized carbons (Fsp3) is 0.259. The van der Waals surface area contributed by atoms with E-state index in [4.69, 9.17) is 18.9 Å². The Hall–Kier alpha value is -4.40. The lowest BCUT2D eigenvalue weighted by Gasteiger charge is -2.20.